The van der Waals surface area contributed by atoms with Crippen LogP contribution in [0.5, 0.6) is 0 Å². The minimum Gasteiger partial charge on any atom is -0.374 e. The lowest BCUT2D eigenvalue weighted by Crippen LogP contribution is -2.47. The van der Waals surface area contributed by atoms with Crippen LogP contribution in [-0.4, -0.2) is 58.4 Å². The van der Waals surface area contributed by atoms with E-state index in [1.54, 1.807) is 0 Å². The van der Waals surface area contributed by atoms with E-state index < -0.39 is 0 Å². The molecule has 1 saturated heterocycles. The molecule has 2 heterocycles. The van der Waals surface area contributed by atoms with Crippen molar-refractivity contribution < 1.29 is 4.74 Å². The summed E-state index contributed by atoms with van der Waals surface area (Å²) in [5.41, 5.74) is 4.26. The Morgan fingerprint density at radius 3 is 2.95 bits per heavy atom. The second-order valence-corrected chi connectivity index (χ2v) is 5.95. The van der Waals surface area contributed by atoms with Crippen molar-refractivity contribution in [3.63, 3.8) is 0 Å². The fourth-order valence-electron chi connectivity index (χ4n) is 3.47. The first-order valence-corrected chi connectivity index (χ1v) is 7.51. The maximum atomic E-state index is 5.98. The Hall–Kier alpha value is -1.10. The van der Waals surface area contributed by atoms with Gasteiger partial charge in [-0.3, -0.25) is 4.90 Å². The van der Waals surface area contributed by atoms with E-state index in [4.69, 9.17) is 4.74 Å². The molecule has 4 heteroatoms. The number of hydrogen-bond donors (Lipinski definition) is 1. The Balaban J connectivity index is 1.89. The first-order chi connectivity index (χ1) is 9.70. The average Bonchev–Trinajstić information content (AvgIpc) is 2.80. The highest BCUT2D eigenvalue weighted by atomic mass is 16.5. The van der Waals surface area contributed by atoms with E-state index in [1.807, 2.05) is 7.05 Å². The number of nitrogens with zero attached hydrogens (tertiary/aromatic N) is 2. The Labute approximate surface area is 121 Å². The van der Waals surface area contributed by atoms with Crippen LogP contribution in [0.4, 0.5) is 5.69 Å². The van der Waals surface area contributed by atoms with Crippen LogP contribution in [0.1, 0.15) is 17.2 Å². The summed E-state index contributed by atoms with van der Waals surface area (Å²) in [6, 6.07) is 7.29. The fraction of sp³-hybridized carbons (Fsp3) is 0.625. The van der Waals surface area contributed by atoms with Crippen LogP contribution in [-0.2, 0) is 11.2 Å². The molecule has 2 aliphatic rings. The monoisotopic (exact) mass is 275 g/mol. The van der Waals surface area contributed by atoms with E-state index in [-0.39, 0.29) is 6.10 Å². The number of likely N-dealkylation sites (N-methyl/N-ethyl adjacent to an activating group) is 3. The summed E-state index contributed by atoms with van der Waals surface area (Å²) in [6.45, 7) is 3.86. The Bertz CT molecular complexity index is 475. The highest BCUT2D eigenvalue weighted by Gasteiger charge is 2.31. The van der Waals surface area contributed by atoms with Crippen LogP contribution in [0.3, 0.4) is 0 Å². The average molecular weight is 275 g/mol. The second-order valence-electron chi connectivity index (χ2n) is 5.95. The van der Waals surface area contributed by atoms with E-state index in [9.17, 15) is 0 Å². The molecule has 0 spiro atoms. The van der Waals surface area contributed by atoms with Crippen LogP contribution < -0.4 is 10.2 Å². The molecule has 4 nitrogen and oxygen atoms in total. The van der Waals surface area contributed by atoms with Gasteiger partial charge < -0.3 is 15.0 Å². The summed E-state index contributed by atoms with van der Waals surface area (Å²) in [6.07, 6.45) is 1.39. The molecule has 110 valence electrons. The molecule has 0 amide bonds. The van der Waals surface area contributed by atoms with Crippen molar-refractivity contribution >= 4 is 5.69 Å². The zero-order valence-electron chi connectivity index (χ0n) is 12.7. The van der Waals surface area contributed by atoms with E-state index in [0.29, 0.717) is 6.04 Å². The summed E-state index contributed by atoms with van der Waals surface area (Å²) in [4.78, 5) is 4.76. The largest absolute Gasteiger partial charge is 0.374 e. The summed E-state index contributed by atoms with van der Waals surface area (Å²) in [7, 11) is 6.37. The lowest BCUT2D eigenvalue weighted by molar-refractivity contribution is -0.0606. The maximum absolute atomic E-state index is 5.98. The van der Waals surface area contributed by atoms with E-state index in [0.717, 1.165) is 32.7 Å². The molecule has 20 heavy (non-hydrogen) atoms. The summed E-state index contributed by atoms with van der Waals surface area (Å²) >= 11 is 0. The predicted molar refractivity (Wildman–Crippen MR) is 82.5 cm³/mol. The van der Waals surface area contributed by atoms with Crippen molar-refractivity contribution in [1.82, 2.24) is 10.2 Å². The number of nitrogens with one attached hydrogen (secondary N) is 1. The Kier molecular flexibility index (Phi) is 3.96. The molecule has 0 bridgehead atoms. The lowest BCUT2D eigenvalue weighted by atomic mass is 9.96. The van der Waals surface area contributed by atoms with Gasteiger partial charge in [0, 0.05) is 32.4 Å². The molecule has 3 rings (SSSR count). The van der Waals surface area contributed by atoms with Gasteiger partial charge in [0.1, 0.15) is 0 Å². The van der Waals surface area contributed by atoms with Crippen LogP contribution in [0.2, 0.25) is 0 Å². The summed E-state index contributed by atoms with van der Waals surface area (Å²) in [5.74, 6) is 0. The van der Waals surface area contributed by atoms with E-state index in [2.05, 4.69) is 47.4 Å². The van der Waals surface area contributed by atoms with Crippen molar-refractivity contribution in [1.29, 1.82) is 0 Å². The van der Waals surface area contributed by atoms with Gasteiger partial charge >= 0.3 is 0 Å². The van der Waals surface area contributed by atoms with Gasteiger partial charge in [0.05, 0.1) is 18.8 Å². The number of morpholine rings is 1. The van der Waals surface area contributed by atoms with E-state index >= 15 is 0 Å². The van der Waals surface area contributed by atoms with Gasteiger partial charge in [-0.25, -0.2) is 0 Å². The number of hydrogen-bond acceptors (Lipinski definition) is 4. The number of benzene rings is 1. The van der Waals surface area contributed by atoms with Gasteiger partial charge in [-0.05, 0) is 37.7 Å². The minimum absolute atomic E-state index is 0.232. The molecular formula is C16H25N3O. The Morgan fingerprint density at radius 1 is 1.30 bits per heavy atom. The van der Waals surface area contributed by atoms with Gasteiger partial charge in [0.25, 0.3) is 0 Å². The van der Waals surface area contributed by atoms with Crippen molar-refractivity contribution in [2.75, 3.05) is 52.3 Å². The molecule has 2 aliphatic heterocycles. The van der Waals surface area contributed by atoms with Gasteiger partial charge in [-0.1, -0.05) is 12.1 Å². The SMILES string of the molecule is CNCC1OCCN(C)C1c1ccc2c(c1)CCN2C. The quantitative estimate of drug-likeness (QED) is 0.899. The highest BCUT2D eigenvalue weighted by molar-refractivity contribution is 5.58. The first kappa shape index (κ1) is 13.9. The number of fused-ring (bicyclic) bond motifs is 1. The predicted octanol–water partition coefficient (Wildman–Crippen LogP) is 1.27. The molecule has 1 fully saturated rings. The molecule has 0 aromatic heterocycles. The van der Waals surface area contributed by atoms with Crippen molar-refractivity contribution in [3.05, 3.63) is 29.3 Å². The molecule has 2 unspecified atom stereocenters. The molecule has 1 aromatic carbocycles. The molecule has 1 N–H and O–H groups in total. The maximum Gasteiger partial charge on any atom is 0.0896 e. The molecule has 0 radical (unpaired) electrons. The standard InChI is InChI=1S/C16H25N3O/c1-17-11-15-16(19(3)8-9-20-15)13-4-5-14-12(10-13)6-7-18(14)2/h4-5,10,15-17H,6-9,11H2,1-3H3. The second kappa shape index (κ2) is 5.72. The van der Waals surface area contributed by atoms with Crippen LogP contribution in [0.25, 0.3) is 0 Å². The molecule has 2 atom stereocenters. The van der Waals surface area contributed by atoms with Gasteiger partial charge in [0.2, 0.25) is 0 Å². The van der Waals surface area contributed by atoms with Crippen molar-refractivity contribution in [2.24, 2.45) is 0 Å². The third-order valence-electron chi connectivity index (χ3n) is 4.58. The topological polar surface area (TPSA) is 27.7 Å². The van der Waals surface area contributed by atoms with Gasteiger partial charge in [0.15, 0.2) is 0 Å². The van der Waals surface area contributed by atoms with E-state index in [1.165, 1.54) is 16.8 Å². The first-order valence-electron chi connectivity index (χ1n) is 7.51. The summed E-state index contributed by atoms with van der Waals surface area (Å²) < 4.78 is 5.98. The van der Waals surface area contributed by atoms with Crippen LogP contribution in [0.15, 0.2) is 18.2 Å². The molecular weight excluding hydrogens is 250 g/mol. The van der Waals surface area contributed by atoms with Crippen molar-refractivity contribution in [2.45, 2.75) is 18.6 Å². The van der Waals surface area contributed by atoms with Gasteiger partial charge in [-0.2, -0.15) is 0 Å². The molecule has 0 saturated carbocycles. The van der Waals surface area contributed by atoms with Crippen molar-refractivity contribution in [3.8, 4) is 0 Å². The number of ether oxygens (including phenoxy) is 1. The number of anilines is 1. The number of rotatable bonds is 3. The molecule has 1 aromatic rings. The molecule has 0 aliphatic carbocycles. The van der Waals surface area contributed by atoms with Gasteiger partial charge in [-0.15, -0.1) is 0 Å². The smallest absolute Gasteiger partial charge is 0.0896 e. The highest BCUT2D eigenvalue weighted by Crippen LogP contribution is 2.33. The Morgan fingerprint density at radius 2 is 2.15 bits per heavy atom. The normalized spacial score (nSPS) is 26.9. The third-order valence-corrected chi connectivity index (χ3v) is 4.58. The minimum atomic E-state index is 0.232. The zero-order chi connectivity index (χ0) is 14.1. The third kappa shape index (κ3) is 2.43. The van der Waals surface area contributed by atoms with Crippen LogP contribution >= 0.6 is 0 Å². The zero-order valence-corrected chi connectivity index (χ0v) is 12.7. The summed E-state index contributed by atoms with van der Waals surface area (Å²) in [5, 5.41) is 3.26. The fourth-order valence-corrected chi connectivity index (χ4v) is 3.47. The lowest BCUT2D eigenvalue weighted by Gasteiger charge is -2.39. The van der Waals surface area contributed by atoms with Crippen LogP contribution in [0, 0.1) is 0 Å².